The summed E-state index contributed by atoms with van der Waals surface area (Å²) >= 11 is 0. The summed E-state index contributed by atoms with van der Waals surface area (Å²) in [4.78, 5) is 27.4. The number of nitrogens with one attached hydrogen (secondary N) is 1. The Balaban J connectivity index is 2.13. The smallest absolute Gasteiger partial charge is 0.321 e. The number of aromatic amines is 1. The Hall–Kier alpha value is -2.83. The molecule has 1 N–H and O–H groups in total. The molecule has 0 unspecified atom stereocenters. The summed E-state index contributed by atoms with van der Waals surface area (Å²) < 4.78 is 4.54. The maximum absolute atomic E-state index is 10.9. The van der Waals surface area contributed by atoms with Crippen molar-refractivity contribution in [2.75, 3.05) is 0 Å². The minimum Gasteiger partial charge on any atom is -0.321 e. The molecule has 0 aromatic carbocycles. The van der Waals surface area contributed by atoms with Crippen LogP contribution in [0, 0.1) is 6.92 Å². The lowest BCUT2D eigenvalue weighted by Gasteiger charge is -2.03. The first-order valence-corrected chi connectivity index (χ1v) is 5.55. The van der Waals surface area contributed by atoms with Crippen molar-refractivity contribution < 1.29 is 4.52 Å². The number of aryl methyl sites for hydroxylation is 1. The summed E-state index contributed by atoms with van der Waals surface area (Å²) in [6.07, 6.45) is 1.68. The number of pyridine rings is 1. The molecular weight excluding hydrogens is 246 g/mol. The first kappa shape index (κ1) is 11.3. The van der Waals surface area contributed by atoms with Gasteiger partial charge in [-0.3, -0.25) is 4.98 Å². The Labute approximate surface area is 107 Å². The summed E-state index contributed by atoms with van der Waals surface area (Å²) in [6.45, 7) is 1.76. The van der Waals surface area contributed by atoms with Crippen LogP contribution in [0.15, 0.2) is 39.8 Å². The number of rotatable bonds is 2. The van der Waals surface area contributed by atoms with Gasteiger partial charge in [-0.1, -0.05) is 6.07 Å². The van der Waals surface area contributed by atoms with E-state index in [-0.39, 0.29) is 5.82 Å². The van der Waals surface area contributed by atoms with E-state index in [9.17, 15) is 4.79 Å². The van der Waals surface area contributed by atoms with Gasteiger partial charge in [0.05, 0.1) is 11.4 Å². The van der Waals surface area contributed by atoms with Crippen LogP contribution in [0.2, 0.25) is 0 Å². The van der Waals surface area contributed by atoms with Crippen LogP contribution in [0.25, 0.3) is 22.9 Å². The zero-order valence-corrected chi connectivity index (χ0v) is 9.99. The topological polar surface area (TPSA) is 97.6 Å². The van der Waals surface area contributed by atoms with Crippen molar-refractivity contribution in [2.45, 2.75) is 6.92 Å². The van der Waals surface area contributed by atoms with E-state index in [1.165, 1.54) is 0 Å². The van der Waals surface area contributed by atoms with Crippen molar-refractivity contribution in [3.8, 4) is 22.9 Å². The second-order valence-corrected chi connectivity index (χ2v) is 3.83. The predicted octanol–water partition coefficient (Wildman–Crippen LogP) is 1.19. The highest BCUT2D eigenvalue weighted by Gasteiger charge is 2.10. The summed E-state index contributed by atoms with van der Waals surface area (Å²) in [6, 6.07) is 7.24. The van der Waals surface area contributed by atoms with Crippen molar-refractivity contribution in [3.63, 3.8) is 0 Å². The Kier molecular flexibility index (Phi) is 2.64. The number of H-pyrrole nitrogens is 1. The normalized spacial score (nSPS) is 10.6. The molecule has 0 bridgehead atoms. The van der Waals surface area contributed by atoms with E-state index in [1.807, 2.05) is 18.2 Å². The maximum atomic E-state index is 10.9. The fourth-order valence-corrected chi connectivity index (χ4v) is 1.67. The van der Waals surface area contributed by atoms with Gasteiger partial charge in [0.1, 0.15) is 11.5 Å². The average Bonchev–Trinajstić information content (AvgIpc) is 2.86. The second-order valence-electron chi connectivity index (χ2n) is 3.83. The summed E-state index contributed by atoms with van der Waals surface area (Å²) in [7, 11) is 0. The third-order valence-electron chi connectivity index (χ3n) is 2.45. The van der Waals surface area contributed by atoms with E-state index in [4.69, 9.17) is 0 Å². The lowest BCUT2D eigenvalue weighted by atomic mass is 10.2. The molecule has 3 rings (SSSR count). The molecule has 7 nitrogen and oxygen atoms in total. The van der Waals surface area contributed by atoms with Crippen LogP contribution in [0.1, 0.15) is 5.82 Å². The number of aromatic nitrogens is 5. The van der Waals surface area contributed by atoms with Gasteiger partial charge in [-0.05, 0) is 25.1 Å². The molecule has 3 heterocycles. The molecule has 0 atom stereocenters. The summed E-state index contributed by atoms with van der Waals surface area (Å²) in [5.41, 5.74) is 1.87. The second kappa shape index (κ2) is 4.45. The predicted molar refractivity (Wildman–Crippen MR) is 66.1 cm³/mol. The van der Waals surface area contributed by atoms with Gasteiger partial charge in [0.25, 0.3) is 0 Å². The Morgan fingerprint density at radius 3 is 2.63 bits per heavy atom. The molecule has 0 saturated carbocycles. The minimum atomic E-state index is -0.689. The Bertz CT molecular complexity index is 763. The summed E-state index contributed by atoms with van der Waals surface area (Å²) in [5, 5.41) is 2.42. The van der Waals surface area contributed by atoms with Crippen LogP contribution in [0.4, 0.5) is 0 Å². The van der Waals surface area contributed by atoms with Crippen molar-refractivity contribution in [3.05, 3.63) is 46.8 Å². The van der Waals surface area contributed by atoms with Crippen molar-refractivity contribution >= 4 is 0 Å². The number of hydrogen-bond donors (Lipinski definition) is 1. The molecule has 0 radical (unpaired) electrons. The van der Waals surface area contributed by atoms with Crippen LogP contribution in [-0.4, -0.2) is 25.1 Å². The zero-order chi connectivity index (χ0) is 13.2. The fourth-order valence-electron chi connectivity index (χ4n) is 1.67. The highest BCUT2D eigenvalue weighted by Crippen LogP contribution is 2.19. The lowest BCUT2D eigenvalue weighted by molar-refractivity contribution is 0.387. The lowest BCUT2D eigenvalue weighted by Crippen LogP contribution is -1.99. The van der Waals surface area contributed by atoms with Gasteiger partial charge in [0.2, 0.25) is 0 Å². The Morgan fingerprint density at radius 1 is 1.11 bits per heavy atom. The molecule has 19 heavy (non-hydrogen) atoms. The van der Waals surface area contributed by atoms with Gasteiger partial charge in [0, 0.05) is 6.20 Å². The van der Waals surface area contributed by atoms with Crippen LogP contribution >= 0.6 is 0 Å². The average molecular weight is 255 g/mol. The third-order valence-corrected chi connectivity index (χ3v) is 2.45. The molecule has 0 aliphatic carbocycles. The summed E-state index contributed by atoms with van der Waals surface area (Å²) in [5.74, 6) is 0.139. The largest absolute Gasteiger partial charge is 0.460 e. The van der Waals surface area contributed by atoms with Crippen LogP contribution in [0.5, 0.6) is 0 Å². The van der Waals surface area contributed by atoms with Crippen molar-refractivity contribution in [1.82, 2.24) is 25.1 Å². The van der Waals surface area contributed by atoms with Gasteiger partial charge in [-0.15, -0.1) is 0 Å². The van der Waals surface area contributed by atoms with Gasteiger partial charge in [-0.25, -0.2) is 14.8 Å². The highest BCUT2D eigenvalue weighted by molar-refractivity contribution is 5.61. The third kappa shape index (κ3) is 2.25. The Morgan fingerprint density at radius 2 is 1.95 bits per heavy atom. The quantitative estimate of drug-likeness (QED) is 0.738. The highest BCUT2D eigenvalue weighted by atomic mass is 16.5. The molecule has 0 saturated heterocycles. The van der Waals surface area contributed by atoms with Gasteiger partial charge < -0.3 is 4.52 Å². The van der Waals surface area contributed by atoms with E-state index < -0.39 is 5.76 Å². The van der Waals surface area contributed by atoms with E-state index in [0.29, 0.717) is 17.2 Å². The fraction of sp³-hybridized carbons (Fsp3) is 0.0833. The standard InChI is InChI=1S/C12H9N5O2/c1-7-14-9(8-4-2-3-5-13-8)6-10(15-7)11-16-12(18)19-17-11/h2-6H,1H3,(H,16,17,18). The molecular formula is C12H9N5O2. The first-order chi connectivity index (χ1) is 9.22. The molecule has 94 valence electrons. The van der Waals surface area contributed by atoms with Gasteiger partial charge >= 0.3 is 5.76 Å². The molecule has 0 amide bonds. The van der Waals surface area contributed by atoms with Crippen molar-refractivity contribution in [1.29, 1.82) is 0 Å². The molecule has 3 aromatic heterocycles. The van der Waals surface area contributed by atoms with Crippen LogP contribution in [0.3, 0.4) is 0 Å². The first-order valence-electron chi connectivity index (χ1n) is 5.55. The van der Waals surface area contributed by atoms with E-state index >= 15 is 0 Å². The molecule has 0 aliphatic heterocycles. The maximum Gasteiger partial charge on any atom is 0.460 e. The van der Waals surface area contributed by atoms with Gasteiger partial charge in [0.15, 0.2) is 5.82 Å². The minimum absolute atomic E-state index is 0.271. The zero-order valence-electron chi connectivity index (χ0n) is 9.99. The van der Waals surface area contributed by atoms with E-state index in [2.05, 4.69) is 29.6 Å². The molecule has 0 aliphatic rings. The molecule has 0 fully saturated rings. The monoisotopic (exact) mass is 255 g/mol. The van der Waals surface area contributed by atoms with E-state index in [1.54, 1.807) is 19.2 Å². The van der Waals surface area contributed by atoms with Crippen LogP contribution in [-0.2, 0) is 0 Å². The van der Waals surface area contributed by atoms with Crippen molar-refractivity contribution in [2.24, 2.45) is 0 Å². The van der Waals surface area contributed by atoms with Gasteiger partial charge in [-0.2, -0.15) is 10.1 Å². The van der Waals surface area contributed by atoms with Crippen LogP contribution < -0.4 is 5.76 Å². The molecule has 0 spiro atoms. The molecule has 7 heteroatoms. The SMILES string of the molecule is Cc1nc(-c2ccccn2)cc(-c2nc(=O)o[nH]2)n1. The number of nitrogens with zero attached hydrogens (tertiary/aromatic N) is 4. The van der Waals surface area contributed by atoms with E-state index in [0.717, 1.165) is 5.69 Å². The number of hydrogen-bond acceptors (Lipinski definition) is 6. The molecule has 3 aromatic rings.